The Bertz CT molecular complexity index is 929. The van der Waals surface area contributed by atoms with Gasteiger partial charge in [-0.1, -0.05) is 57.9 Å². The summed E-state index contributed by atoms with van der Waals surface area (Å²) in [6.45, 7) is 3.87. The summed E-state index contributed by atoms with van der Waals surface area (Å²) in [4.78, 5) is 12.2. The Labute approximate surface area is 154 Å². The standard InChI is InChI=1S/C19H17BrN4O/c1-12-6-8-14(9-7-12)17-11-18(23-22-17)19(25)24-21-13(2)15-4-3-5-16(20)10-15/h3-11H,1-2H3,(H,22,23)(H,24,25). The molecule has 0 unspecified atom stereocenters. The molecule has 2 N–H and O–H groups in total. The third kappa shape index (κ3) is 4.22. The highest BCUT2D eigenvalue weighted by atomic mass is 79.9. The number of carbonyl (C=O) groups excluding carboxylic acids is 1. The lowest BCUT2D eigenvalue weighted by molar-refractivity contribution is 0.0950. The van der Waals surface area contributed by atoms with Crippen molar-refractivity contribution in [1.29, 1.82) is 0 Å². The smallest absolute Gasteiger partial charge is 0.272 e. The lowest BCUT2D eigenvalue weighted by Gasteiger charge is -2.02. The number of aromatic amines is 1. The van der Waals surface area contributed by atoms with E-state index in [1.807, 2.05) is 62.4 Å². The maximum atomic E-state index is 12.2. The second-order valence-corrected chi connectivity index (χ2v) is 6.60. The highest BCUT2D eigenvalue weighted by molar-refractivity contribution is 9.10. The van der Waals surface area contributed by atoms with Crippen molar-refractivity contribution in [3.8, 4) is 11.3 Å². The first-order valence-corrected chi connectivity index (χ1v) is 8.55. The van der Waals surface area contributed by atoms with Gasteiger partial charge < -0.3 is 0 Å². The van der Waals surface area contributed by atoms with Gasteiger partial charge in [0.25, 0.3) is 5.91 Å². The molecule has 0 radical (unpaired) electrons. The molecule has 0 bridgehead atoms. The molecule has 1 heterocycles. The SMILES string of the molecule is CC(=NNC(=O)c1cc(-c2ccc(C)cc2)n[nH]1)c1cccc(Br)c1. The van der Waals surface area contributed by atoms with Crippen LogP contribution in [0.5, 0.6) is 0 Å². The van der Waals surface area contributed by atoms with Crippen molar-refractivity contribution in [2.75, 3.05) is 0 Å². The average molecular weight is 397 g/mol. The number of nitrogens with zero attached hydrogens (tertiary/aromatic N) is 2. The summed E-state index contributed by atoms with van der Waals surface area (Å²) in [6, 6.07) is 17.4. The summed E-state index contributed by atoms with van der Waals surface area (Å²) < 4.78 is 0.960. The minimum atomic E-state index is -0.333. The van der Waals surface area contributed by atoms with Crippen molar-refractivity contribution in [3.63, 3.8) is 0 Å². The molecule has 25 heavy (non-hydrogen) atoms. The summed E-state index contributed by atoms with van der Waals surface area (Å²) in [6.07, 6.45) is 0. The van der Waals surface area contributed by atoms with E-state index in [1.165, 1.54) is 5.56 Å². The number of carbonyl (C=O) groups is 1. The van der Waals surface area contributed by atoms with Crippen molar-refractivity contribution < 1.29 is 4.79 Å². The van der Waals surface area contributed by atoms with Crippen molar-refractivity contribution in [3.05, 3.63) is 75.9 Å². The zero-order valence-corrected chi connectivity index (χ0v) is 15.5. The predicted octanol–water partition coefficient (Wildman–Crippen LogP) is 4.30. The summed E-state index contributed by atoms with van der Waals surface area (Å²) >= 11 is 3.42. The van der Waals surface area contributed by atoms with Crippen LogP contribution in [-0.4, -0.2) is 21.8 Å². The van der Waals surface area contributed by atoms with E-state index in [0.29, 0.717) is 11.4 Å². The summed E-state index contributed by atoms with van der Waals surface area (Å²) in [5.41, 5.74) is 7.41. The molecule has 3 rings (SSSR count). The lowest BCUT2D eigenvalue weighted by atomic mass is 10.1. The Morgan fingerprint density at radius 3 is 2.64 bits per heavy atom. The highest BCUT2D eigenvalue weighted by Crippen LogP contribution is 2.18. The first-order valence-electron chi connectivity index (χ1n) is 7.76. The molecule has 0 saturated heterocycles. The molecule has 0 spiro atoms. The van der Waals surface area contributed by atoms with Crippen molar-refractivity contribution in [1.82, 2.24) is 15.6 Å². The van der Waals surface area contributed by atoms with Crippen LogP contribution in [0.4, 0.5) is 0 Å². The third-order valence-electron chi connectivity index (χ3n) is 3.74. The Kier molecular flexibility index (Phi) is 5.09. The molecule has 1 aromatic heterocycles. The van der Waals surface area contributed by atoms with E-state index >= 15 is 0 Å². The fourth-order valence-electron chi connectivity index (χ4n) is 2.28. The summed E-state index contributed by atoms with van der Waals surface area (Å²) in [5, 5.41) is 11.1. The van der Waals surface area contributed by atoms with E-state index in [-0.39, 0.29) is 5.91 Å². The Hall–Kier alpha value is -2.73. The van der Waals surface area contributed by atoms with Crippen molar-refractivity contribution >= 4 is 27.5 Å². The summed E-state index contributed by atoms with van der Waals surface area (Å²) in [7, 11) is 0. The van der Waals surface area contributed by atoms with Gasteiger partial charge in [-0.15, -0.1) is 0 Å². The van der Waals surface area contributed by atoms with Gasteiger partial charge in [0.2, 0.25) is 0 Å². The fraction of sp³-hybridized carbons (Fsp3) is 0.105. The van der Waals surface area contributed by atoms with E-state index in [4.69, 9.17) is 0 Å². The number of aryl methyl sites for hydroxylation is 1. The highest BCUT2D eigenvalue weighted by Gasteiger charge is 2.10. The average Bonchev–Trinajstić information content (AvgIpc) is 3.10. The topological polar surface area (TPSA) is 70.1 Å². The third-order valence-corrected chi connectivity index (χ3v) is 4.23. The van der Waals surface area contributed by atoms with E-state index < -0.39 is 0 Å². The minimum Gasteiger partial charge on any atom is -0.272 e. The van der Waals surface area contributed by atoms with Gasteiger partial charge in [0.1, 0.15) is 5.69 Å². The van der Waals surface area contributed by atoms with Crippen LogP contribution in [0.3, 0.4) is 0 Å². The van der Waals surface area contributed by atoms with E-state index in [2.05, 4.69) is 36.7 Å². The maximum absolute atomic E-state index is 12.2. The quantitative estimate of drug-likeness (QED) is 0.509. The van der Waals surface area contributed by atoms with Gasteiger partial charge in [0.15, 0.2) is 0 Å². The molecule has 1 amide bonds. The number of amides is 1. The van der Waals surface area contributed by atoms with Crippen molar-refractivity contribution in [2.45, 2.75) is 13.8 Å². The van der Waals surface area contributed by atoms with Gasteiger partial charge in [-0.05, 0) is 37.6 Å². The first kappa shape index (κ1) is 17.1. The molecule has 126 valence electrons. The van der Waals surface area contributed by atoms with Gasteiger partial charge in [0.05, 0.1) is 11.4 Å². The van der Waals surface area contributed by atoms with Crippen LogP contribution >= 0.6 is 15.9 Å². The monoisotopic (exact) mass is 396 g/mol. The van der Waals surface area contributed by atoms with Crippen molar-refractivity contribution in [2.24, 2.45) is 5.10 Å². The number of H-pyrrole nitrogens is 1. The normalized spacial score (nSPS) is 11.4. The van der Waals surface area contributed by atoms with Crippen LogP contribution in [0, 0.1) is 6.92 Å². The molecule has 6 heteroatoms. The Morgan fingerprint density at radius 2 is 1.92 bits per heavy atom. The number of nitrogens with one attached hydrogen (secondary N) is 2. The van der Waals surface area contributed by atoms with Gasteiger partial charge in [-0.3, -0.25) is 9.89 Å². The Morgan fingerprint density at radius 1 is 1.16 bits per heavy atom. The van der Waals surface area contributed by atoms with E-state index in [0.717, 1.165) is 21.3 Å². The number of rotatable bonds is 4. The van der Waals surface area contributed by atoms with Gasteiger partial charge in [-0.25, -0.2) is 5.43 Å². The molecular formula is C19H17BrN4O. The largest absolute Gasteiger partial charge is 0.289 e. The van der Waals surface area contributed by atoms with Crippen LogP contribution in [0.2, 0.25) is 0 Å². The van der Waals surface area contributed by atoms with Crippen LogP contribution in [0.25, 0.3) is 11.3 Å². The Balaban J connectivity index is 1.71. The molecule has 5 nitrogen and oxygen atoms in total. The molecule has 3 aromatic rings. The molecule has 0 aliphatic rings. The zero-order valence-electron chi connectivity index (χ0n) is 13.9. The summed E-state index contributed by atoms with van der Waals surface area (Å²) in [5.74, 6) is -0.333. The molecule has 0 aliphatic carbocycles. The second-order valence-electron chi connectivity index (χ2n) is 5.68. The van der Waals surface area contributed by atoms with Crippen LogP contribution < -0.4 is 5.43 Å². The van der Waals surface area contributed by atoms with Gasteiger partial charge >= 0.3 is 0 Å². The maximum Gasteiger partial charge on any atom is 0.289 e. The molecular weight excluding hydrogens is 380 g/mol. The van der Waals surface area contributed by atoms with E-state index in [1.54, 1.807) is 6.07 Å². The van der Waals surface area contributed by atoms with Crippen LogP contribution in [0.15, 0.2) is 64.2 Å². The minimum absolute atomic E-state index is 0.333. The molecule has 0 atom stereocenters. The van der Waals surface area contributed by atoms with Gasteiger partial charge in [-0.2, -0.15) is 10.2 Å². The van der Waals surface area contributed by atoms with Gasteiger partial charge in [0, 0.05) is 10.0 Å². The molecule has 0 fully saturated rings. The zero-order chi connectivity index (χ0) is 17.8. The predicted molar refractivity (Wildman–Crippen MR) is 103 cm³/mol. The molecule has 0 aliphatic heterocycles. The number of aromatic nitrogens is 2. The van der Waals surface area contributed by atoms with E-state index in [9.17, 15) is 4.79 Å². The number of hydrogen-bond donors (Lipinski definition) is 2. The molecule has 2 aromatic carbocycles. The number of benzene rings is 2. The fourth-order valence-corrected chi connectivity index (χ4v) is 2.68. The van der Waals surface area contributed by atoms with Crippen LogP contribution in [0.1, 0.15) is 28.5 Å². The number of hydrazone groups is 1. The number of hydrogen-bond acceptors (Lipinski definition) is 3. The van der Waals surface area contributed by atoms with Crippen LogP contribution in [-0.2, 0) is 0 Å². The molecule has 0 saturated carbocycles. The second kappa shape index (κ2) is 7.44. The first-order chi connectivity index (χ1) is 12.0. The number of halogens is 1. The lowest BCUT2D eigenvalue weighted by Crippen LogP contribution is -2.19.